The lowest BCUT2D eigenvalue weighted by molar-refractivity contribution is -0.124. The van der Waals surface area contributed by atoms with E-state index >= 15 is 0 Å². The maximum absolute atomic E-state index is 11.9. The highest BCUT2D eigenvalue weighted by atomic mass is 16.5. The topological polar surface area (TPSA) is 100 Å². The van der Waals surface area contributed by atoms with Crippen molar-refractivity contribution in [3.63, 3.8) is 0 Å². The minimum Gasteiger partial charge on any atom is -0.453 e. The molecule has 0 bridgehead atoms. The minimum atomic E-state index is -0.909. The lowest BCUT2D eigenvalue weighted by Gasteiger charge is -2.11. The van der Waals surface area contributed by atoms with Crippen LogP contribution in [0.2, 0.25) is 0 Å². The van der Waals surface area contributed by atoms with Crippen LogP contribution in [0.1, 0.15) is 37.7 Å². The average molecular weight is 342 g/mol. The van der Waals surface area contributed by atoms with Crippen molar-refractivity contribution in [2.45, 2.75) is 46.4 Å². The van der Waals surface area contributed by atoms with Crippen LogP contribution >= 0.6 is 0 Å². The molecule has 2 N–H and O–H groups in total. The van der Waals surface area contributed by atoms with Crippen LogP contribution in [0.4, 0.5) is 0 Å². The summed E-state index contributed by atoms with van der Waals surface area (Å²) < 4.78 is 7.60. The normalized spacial score (nSPS) is 11.6. The van der Waals surface area contributed by atoms with E-state index in [4.69, 9.17) is 10.00 Å². The smallest absolute Gasteiger partial charge is 0.243 e. The molecule has 1 aromatic heterocycles. The zero-order chi connectivity index (χ0) is 18.4. The molecule has 132 valence electrons. The first-order valence-corrected chi connectivity index (χ1v) is 8.22. The Labute approximate surface area is 146 Å². The molecule has 1 heterocycles. The molecule has 2 aromatic rings. The second-order valence-corrected chi connectivity index (χ2v) is 5.57. The number of nitrogens with one attached hydrogen (secondary N) is 1. The first-order valence-electron chi connectivity index (χ1n) is 8.22. The van der Waals surface area contributed by atoms with Gasteiger partial charge in [-0.25, -0.2) is 0 Å². The fourth-order valence-electron chi connectivity index (χ4n) is 2.49. The van der Waals surface area contributed by atoms with E-state index in [1.54, 1.807) is 28.9 Å². The molecule has 0 saturated heterocycles. The standard InChI is InChI=1S/C18H22N4O3/c1-4-15-18(25-14-8-6-13(10-19)7-9-14)16(5-2)22(21-15)11-17(24)20-12(3)23/h6-9,12,23H,4-5,11H2,1-3H3,(H,20,24). The summed E-state index contributed by atoms with van der Waals surface area (Å²) in [6, 6.07) is 8.90. The van der Waals surface area contributed by atoms with Crippen LogP contribution in [0.25, 0.3) is 0 Å². The summed E-state index contributed by atoms with van der Waals surface area (Å²) in [4.78, 5) is 11.9. The summed E-state index contributed by atoms with van der Waals surface area (Å²) >= 11 is 0. The number of nitrogens with zero attached hydrogens (tertiary/aromatic N) is 3. The SMILES string of the molecule is CCc1nn(CC(=O)NC(C)O)c(CC)c1Oc1ccc(C#N)cc1. The molecule has 1 amide bonds. The lowest BCUT2D eigenvalue weighted by Crippen LogP contribution is -2.35. The monoisotopic (exact) mass is 342 g/mol. The van der Waals surface area contributed by atoms with Crippen LogP contribution in [-0.4, -0.2) is 27.0 Å². The summed E-state index contributed by atoms with van der Waals surface area (Å²) in [5, 5.41) is 25.0. The molecular weight excluding hydrogens is 320 g/mol. The molecule has 0 fully saturated rings. The number of hydrogen-bond acceptors (Lipinski definition) is 5. The minimum absolute atomic E-state index is 0.0117. The summed E-state index contributed by atoms with van der Waals surface area (Å²) in [5.41, 5.74) is 2.12. The number of ether oxygens (including phenoxy) is 1. The zero-order valence-electron chi connectivity index (χ0n) is 14.6. The zero-order valence-corrected chi connectivity index (χ0v) is 14.6. The number of hydrogen-bond donors (Lipinski definition) is 2. The van der Waals surface area contributed by atoms with E-state index < -0.39 is 6.23 Å². The maximum Gasteiger partial charge on any atom is 0.243 e. The van der Waals surface area contributed by atoms with Crippen molar-refractivity contribution in [1.82, 2.24) is 15.1 Å². The van der Waals surface area contributed by atoms with Crippen molar-refractivity contribution in [2.24, 2.45) is 0 Å². The van der Waals surface area contributed by atoms with Gasteiger partial charge in [0.05, 0.1) is 17.3 Å². The highest BCUT2D eigenvalue weighted by Gasteiger charge is 2.19. The van der Waals surface area contributed by atoms with E-state index in [1.807, 2.05) is 13.8 Å². The summed E-state index contributed by atoms with van der Waals surface area (Å²) in [6.07, 6.45) is 0.387. The van der Waals surface area contributed by atoms with Crippen LogP contribution in [0.5, 0.6) is 11.5 Å². The molecule has 2 rings (SSSR count). The highest BCUT2D eigenvalue weighted by molar-refractivity contribution is 5.75. The fourth-order valence-corrected chi connectivity index (χ4v) is 2.49. The van der Waals surface area contributed by atoms with Gasteiger partial charge in [-0.15, -0.1) is 0 Å². The van der Waals surface area contributed by atoms with Gasteiger partial charge in [0, 0.05) is 0 Å². The lowest BCUT2D eigenvalue weighted by atomic mass is 10.2. The summed E-state index contributed by atoms with van der Waals surface area (Å²) in [7, 11) is 0. The Balaban J connectivity index is 2.29. The van der Waals surface area contributed by atoms with E-state index in [2.05, 4.69) is 16.5 Å². The summed E-state index contributed by atoms with van der Waals surface area (Å²) in [6.45, 7) is 5.43. The van der Waals surface area contributed by atoms with Gasteiger partial charge in [-0.2, -0.15) is 10.4 Å². The van der Waals surface area contributed by atoms with Crippen molar-refractivity contribution in [3.8, 4) is 17.6 Å². The van der Waals surface area contributed by atoms with E-state index in [9.17, 15) is 9.90 Å². The summed E-state index contributed by atoms with van der Waals surface area (Å²) in [5.74, 6) is 0.927. The van der Waals surface area contributed by atoms with Crippen LogP contribution in [0.3, 0.4) is 0 Å². The quantitative estimate of drug-likeness (QED) is 0.751. The van der Waals surface area contributed by atoms with Gasteiger partial charge in [-0.1, -0.05) is 13.8 Å². The molecule has 25 heavy (non-hydrogen) atoms. The third-order valence-corrected chi connectivity index (χ3v) is 3.61. The Morgan fingerprint density at radius 3 is 2.56 bits per heavy atom. The molecule has 0 aliphatic carbocycles. The van der Waals surface area contributed by atoms with Crippen molar-refractivity contribution in [2.75, 3.05) is 0 Å². The molecule has 0 aliphatic rings. The van der Waals surface area contributed by atoms with Crippen LogP contribution < -0.4 is 10.1 Å². The third-order valence-electron chi connectivity index (χ3n) is 3.61. The number of benzene rings is 1. The predicted molar refractivity (Wildman–Crippen MR) is 92.0 cm³/mol. The number of aliphatic hydroxyl groups excluding tert-OH is 1. The number of amides is 1. The number of aliphatic hydroxyl groups is 1. The molecular formula is C18H22N4O3. The molecule has 1 unspecified atom stereocenters. The van der Waals surface area contributed by atoms with Gasteiger partial charge in [0.15, 0.2) is 5.75 Å². The molecule has 1 aromatic carbocycles. The van der Waals surface area contributed by atoms with Crippen LogP contribution in [0, 0.1) is 11.3 Å². The number of carbonyl (C=O) groups excluding carboxylic acids is 1. The van der Waals surface area contributed by atoms with Gasteiger partial charge in [0.2, 0.25) is 5.91 Å². The molecule has 0 saturated carbocycles. The average Bonchev–Trinajstić information content (AvgIpc) is 2.91. The maximum atomic E-state index is 11.9. The van der Waals surface area contributed by atoms with Gasteiger partial charge in [-0.3, -0.25) is 9.48 Å². The van der Waals surface area contributed by atoms with E-state index in [-0.39, 0.29) is 12.5 Å². The van der Waals surface area contributed by atoms with Crippen molar-refractivity contribution >= 4 is 5.91 Å². The fraction of sp³-hybridized carbons (Fsp3) is 0.389. The van der Waals surface area contributed by atoms with Crippen LogP contribution in [-0.2, 0) is 24.2 Å². The Bertz CT molecular complexity index is 773. The number of rotatable bonds is 7. The van der Waals surface area contributed by atoms with Gasteiger partial charge in [0.25, 0.3) is 0 Å². The van der Waals surface area contributed by atoms with Gasteiger partial charge >= 0.3 is 0 Å². The van der Waals surface area contributed by atoms with Gasteiger partial charge < -0.3 is 15.2 Å². The Morgan fingerprint density at radius 1 is 1.36 bits per heavy atom. The first kappa shape index (κ1) is 18.5. The molecule has 7 nitrogen and oxygen atoms in total. The van der Waals surface area contributed by atoms with Gasteiger partial charge in [0.1, 0.15) is 24.2 Å². The third kappa shape index (κ3) is 4.58. The van der Waals surface area contributed by atoms with Gasteiger partial charge in [-0.05, 0) is 44.0 Å². The molecule has 0 radical (unpaired) electrons. The number of aryl methyl sites for hydroxylation is 1. The van der Waals surface area contributed by atoms with Crippen molar-refractivity contribution < 1.29 is 14.6 Å². The van der Waals surface area contributed by atoms with Crippen molar-refractivity contribution in [3.05, 3.63) is 41.2 Å². The highest BCUT2D eigenvalue weighted by Crippen LogP contribution is 2.30. The van der Waals surface area contributed by atoms with Crippen molar-refractivity contribution in [1.29, 1.82) is 5.26 Å². The number of carbonyl (C=O) groups is 1. The Hall–Kier alpha value is -2.85. The molecule has 0 spiro atoms. The van der Waals surface area contributed by atoms with E-state index in [0.717, 1.165) is 11.4 Å². The molecule has 7 heteroatoms. The Morgan fingerprint density at radius 2 is 2.04 bits per heavy atom. The molecule has 0 aliphatic heterocycles. The number of nitriles is 1. The molecule has 1 atom stereocenters. The second-order valence-electron chi connectivity index (χ2n) is 5.57. The van der Waals surface area contributed by atoms with E-state index in [0.29, 0.717) is 29.9 Å². The first-order chi connectivity index (χ1) is 12.0. The second kappa shape index (κ2) is 8.31. The Kier molecular flexibility index (Phi) is 6.14. The largest absolute Gasteiger partial charge is 0.453 e. The van der Waals surface area contributed by atoms with E-state index in [1.165, 1.54) is 6.92 Å². The van der Waals surface area contributed by atoms with Crippen LogP contribution in [0.15, 0.2) is 24.3 Å². The number of aromatic nitrogens is 2. The predicted octanol–water partition coefficient (Wildman–Crippen LogP) is 2.13.